The molecule has 94 valence electrons. The van der Waals surface area contributed by atoms with Crippen LogP contribution < -0.4 is 0 Å². The standard InChI is InChI=1S/C14H19ClO2/c1-3-5-7-10-9-11(8-6-4-2)13(16)14(17)12(10)15/h9H,3-8H2,1-2H3. The van der Waals surface area contributed by atoms with Crippen molar-refractivity contribution in [3.63, 3.8) is 0 Å². The second-order valence-electron chi connectivity index (χ2n) is 4.37. The van der Waals surface area contributed by atoms with Crippen LogP contribution in [0.1, 0.15) is 52.4 Å². The van der Waals surface area contributed by atoms with E-state index < -0.39 is 11.6 Å². The van der Waals surface area contributed by atoms with Crippen LogP contribution in [0.15, 0.2) is 22.3 Å². The molecule has 0 fully saturated rings. The van der Waals surface area contributed by atoms with Gasteiger partial charge < -0.3 is 0 Å². The molecule has 0 spiro atoms. The molecule has 1 aliphatic carbocycles. The monoisotopic (exact) mass is 254 g/mol. The zero-order chi connectivity index (χ0) is 12.8. The summed E-state index contributed by atoms with van der Waals surface area (Å²) in [6.07, 6.45) is 7.28. The fourth-order valence-electron chi connectivity index (χ4n) is 1.83. The molecule has 0 heterocycles. The van der Waals surface area contributed by atoms with Crippen LogP contribution in [-0.4, -0.2) is 11.6 Å². The molecule has 0 atom stereocenters. The van der Waals surface area contributed by atoms with E-state index in [0.29, 0.717) is 12.0 Å². The molecule has 0 aliphatic heterocycles. The fraction of sp³-hybridized carbons (Fsp3) is 0.571. The lowest BCUT2D eigenvalue weighted by molar-refractivity contribution is -0.132. The van der Waals surface area contributed by atoms with E-state index in [4.69, 9.17) is 11.6 Å². The van der Waals surface area contributed by atoms with Gasteiger partial charge in [-0.1, -0.05) is 44.4 Å². The Hall–Kier alpha value is -0.890. The highest BCUT2D eigenvalue weighted by Crippen LogP contribution is 2.27. The average Bonchev–Trinajstić information content (AvgIpc) is 2.34. The van der Waals surface area contributed by atoms with E-state index in [-0.39, 0.29) is 5.03 Å². The minimum absolute atomic E-state index is 0.128. The largest absolute Gasteiger partial charge is 0.285 e. The van der Waals surface area contributed by atoms with E-state index in [0.717, 1.165) is 37.7 Å². The summed E-state index contributed by atoms with van der Waals surface area (Å²) in [5, 5.41) is 0.128. The van der Waals surface area contributed by atoms with Crippen LogP contribution in [-0.2, 0) is 9.59 Å². The second kappa shape index (κ2) is 6.75. The SMILES string of the molecule is CCCCC1=CC(CCCC)=C(Cl)C(=O)C1=O. The van der Waals surface area contributed by atoms with Crippen LogP contribution in [0.5, 0.6) is 0 Å². The molecule has 0 saturated carbocycles. The summed E-state index contributed by atoms with van der Waals surface area (Å²) in [4.78, 5) is 23.4. The van der Waals surface area contributed by atoms with Crippen molar-refractivity contribution < 1.29 is 9.59 Å². The lowest BCUT2D eigenvalue weighted by Crippen LogP contribution is -2.21. The fourth-order valence-corrected chi connectivity index (χ4v) is 2.07. The number of allylic oxidation sites excluding steroid dienone is 4. The zero-order valence-electron chi connectivity index (χ0n) is 10.5. The van der Waals surface area contributed by atoms with Gasteiger partial charge in [-0.2, -0.15) is 0 Å². The molecular weight excluding hydrogens is 236 g/mol. The number of ketones is 2. The Morgan fingerprint density at radius 1 is 1.00 bits per heavy atom. The third-order valence-electron chi connectivity index (χ3n) is 2.93. The van der Waals surface area contributed by atoms with Crippen molar-refractivity contribution in [2.24, 2.45) is 0 Å². The zero-order valence-corrected chi connectivity index (χ0v) is 11.3. The van der Waals surface area contributed by atoms with Crippen LogP contribution in [0, 0.1) is 0 Å². The van der Waals surface area contributed by atoms with Gasteiger partial charge in [0.1, 0.15) is 0 Å². The molecule has 1 aliphatic rings. The Morgan fingerprint density at radius 2 is 1.59 bits per heavy atom. The average molecular weight is 255 g/mol. The molecule has 1 rings (SSSR count). The maximum Gasteiger partial charge on any atom is 0.244 e. The second-order valence-corrected chi connectivity index (χ2v) is 4.75. The van der Waals surface area contributed by atoms with E-state index >= 15 is 0 Å². The quantitative estimate of drug-likeness (QED) is 0.532. The van der Waals surface area contributed by atoms with E-state index in [1.807, 2.05) is 6.08 Å². The number of Topliss-reactive ketones (excluding diaryl/α,β-unsaturated/α-hetero) is 2. The Balaban J connectivity index is 2.89. The normalized spacial score (nSPS) is 16.5. The number of carbonyl (C=O) groups excluding carboxylic acids is 2. The van der Waals surface area contributed by atoms with Crippen molar-refractivity contribution in [1.29, 1.82) is 0 Å². The van der Waals surface area contributed by atoms with Gasteiger partial charge in [-0.3, -0.25) is 9.59 Å². The summed E-state index contributed by atoms with van der Waals surface area (Å²) < 4.78 is 0. The van der Waals surface area contributed by atoms with Crippen molar-refractivity contribution in [3.05, 3.63) is 22.3 Å². The summed E-state index contributed by atoms with van der Waals surface area (Å²) >= 11 is 5.93. The lowest BCUT2D eigenvalue weighted by Gasteiger charge is -2.14. The lowest BCUT2D eigenvalue weighted by atomic mass is 9.91. The molecule has 0 aromatic carbocycles. The topological polar surface area (TPSA) is 34.1 Å². The van der Waals surface area contributed by atoms with Crippen molar-refractivity contribution in [1.82, 2.24) is 0 Å². The van der Waals surface area contributed by atoms with Crippen LogP contribution in [0.4, 0.5) is 0 Å². The molecule has 3 heteroatoms. The van der Waals surface area contributed by atoms with Gasteiger partial charge in [0.2, 0.25) is 11.6 Å². The number of rotatable bonds is 6. The van der Waals surface area contributed by atoms with Crippen molar-refractivity contribution in [2.75, 3.05) is 0 Å². The molecule has 0 aromatic rings. The summed E-state index contributed by atoms with van der Waals surface area (Å²) in [6.45, 7) is 4.16. The molecule has 0 amide bonds. The van der Waals surface area contributed by atoms with Gasteiger partial charge in [0.25, 0.3) is 0 Å². The van der Waals surface area contributed by atoms with E-state index in [1.165, 1.54) is 0 Å². The van der Waals surface area contributed by atoms with Gasteiger partial charge in [-0.25, -0.2) is 0 Å². The van der Waals surface area contributed by atoms with Gasteiger partial charge in [-0.05, 0) is 31.3 Å². The minimum atomic E-state index is -0.522. The van der Waals surface area contributed by atoms with Crippen LogP contribution in [0.2, 0.25) is 0 Å². The Kier molecular flexibility index (Phi) is 5.63. The van der Waals surface area contributed by atoms with Crippen LogP contribution in [0.3, 0.4) is 0 Å². The first-order valence-corrected chi connectivity index (χ1v) is 6.67. The van der Waals surface area contributed by atoms with E-state index in [2.05, 4.69) is 13.8 Å². The van der Waals surface area contributed by atoms with Gasteiger partial charge in [0, 0.05) is 5.57 Å². The molecule has 0 saturated heterocycles. The molecule has 17 heavy (non-hydrogen) atoms. The molecule has 0 N–H and O–H groups in total. The predicted molar refractivity (Wildman–Crippen MR) is 70.0 cm³/mol. The van der Waals surface area contributed by atoms with Crippen LogP contribution >= 0.6 is 11.6 Å². The third-order valence-corrected chi connectivity index (χ3v) is 3.34. The summed E-state index contributed by atoms with van der Waals surface area (Å²) in [7, 11) is 0. The third kappa shape index (κ3) is 3.53. The van der Waals surface area contributed by atoms with Gasteiger partial charge in [0.15, 0.2) is 0 Å². The molecule has 0 unspecified atom stereocenters. The molecular formula is C14H19ClO2. The number of hydrogen-bond acceptors (Lipinski definition) is 2. The Labute approximate surface area is 108 Å². The number of halogens is 1. The van der Waals surface area contributed by atoms with Gasteiger partial charge in [0.05, 0.1) is 5.03 Å². The van der Waals surface area contributed by atoms with Crippen molar-refractivity contribution >= 4 is 23.2 Å². The molecule has 2 nitrogen and oxygen atoms in total. The van der Waals surface area contributed by atoms with E-state index in [9.17, 15) is 9.59 Å². The number of unbranched alkanes of at least 4 members (excludes halogenated alkanes) is 2. The first kappa shape index (κ1) is 14.2. The maximum atomic E-state index is 11.7. The first-order valence-electron chi connectivity index (χ1n) is 6.30. The maximum absolute atomic E-state index is 11.7. The smallest absolute Gasteiger partial charge is 0.244 e. The summed E-state index contributed by atoms with van der Waals surface area (Å²) in [5.41, 5.74) is 1.47. The Morgan fingerprint density at radius 3 is 2.18 bits per heavy atom. The Bertz CT molecular complexity index is 378. The molecule has 0 aromatic heterocycles. The van der Waals surface area contributed by atoms with Gasteiger partial charge >= 0.3 is 0 Å². The molecule has 0 bridgehead atoms. The van der Waals surface area contributed by atoms with Crippen molar-refractivity contribution in [2.45, 2.75) is 52.4 Å². The summed E-state index contributed by atoms with van der Waals surface area (Å²) in [5.74, 6) is -0.935. The number of hydrogen-bond donors (Lipinski definition) is 0. The number of carbonyl (C=O) groups is 2. The molecule has 0 radical (unpaired) electrons. The predicted octanol–water partition coefficient (Wildman–Crippen LogP) is 3.94. The minimum Gasteiger partial charge on any atom is -0.285 e. The highest BCUT2D eigenvalue weighted by molar-refractivity contribution is 6.61. The summed E-state index contributed by atoms with van der Waals surface area (Å²) in [6, 6.07) is 0. The highest BCUT2D eigenvalue weighted by Gasteiger charge is 2.27. The van der Waals surface area contributed by atoms with Crippen LogP contribution in [0.25, 0.3) is 0 Å². The van der Waals surface area contributed by atoms with E-state index in [1.54, 1.807) is 0 Å². The van der Waals surface area contributed by atoms with Gasteiger partial charge in [-0.15, -0.1) is 0 Å². The van der Waals surface area contributed by atoms with Crippen molar-refractivity contribution in [3.8, 4) is 0 Å². The highest BCUT2D eigenvalue weighted by atomic mass is 35.5. The first-order chi connectivity index (χ1) is 8.11.